The van der Waals surface area contributed by atoms with Gasteiger partial charge in [0, 0.05) is 27.5 Å². The van der Waals surface area contributed by atoms with Crippen LogP contribution in [0.1, 0.15) is 36.8 Å². The summed E-state index contributed by atoms with van der Waals surface area (Å²) in [6.07, 6.45) is 2.29. The van der Waals surface area contributed by atoms with E-state index in [-0.39, 0.29) is 0 Å². The number of thiophene rings is 1. The molecule has 2 heterocycles. The summed E-state index contributed by atoms with van der Waals surface area (Å²) in [6.45, 7) is 19.9. The summed E-state index contributed by atoms with van der Waals surface area (Å²) < 4.78 is 0. The number of hydrogen-bond donors (Lipinski definition) is 0. The van der Waals surface area contributed by atoms with Crippen LogP contribution in [0.2, 0.25) is 0 Å². The van der Waals surface area contributed by atoms with Crippen molar-refractivity contribution < 1.29 is 0 Å². The van der Waals surface area contributed by atoms with Gasteiger partial charge in [0.2, 0.25) is 0 Å². The van der Waals surface area contributed by atoms with Crippen LogP contribution in [-0.4, -0.2) is 0 Å². The first-order valence-corrected chi connectivity index (χ1v) is 9.92. The van der Waals surface area contributed by atoms with E-state index < -0.39 is 0 Å². The first kappa shape index (κ1) is 18.5. The van der Waals surface area contributed by atoms with E-state index in [4.69, 9.17) is 0 Å². The number of hydrogen-bond acceptors (Lipinski definition) is 2. The minimum Gasteiger partial charge on any atom is -0.314 e. The molecule has 0 N–H and O–H groups in total. The molecule has 1 nitrogen and oxygen atoms in total. The maximum absolute atomic E-state index is 4.49. The lowest BCUT2D eigenvalue weighted by molar-refractivity contribution is 0.731. The van der Waals surface area contributed by atoms with Crippen molar-refractivity contribution in [3.63, 3.8) is 0 Å². The van der Waals surface area contributed by atoms with Crippen LogP contribution in [0.5, 0.6) is 0 Å². The van der Waals surface area contributed by atoms with E-state index in [1.165, 1.54) is 27.3 Å². The predicted molar refractivity (Wildman–Crippen MR) is 117 cm³/mol. The average Bonchev–Trinajstić information content (AvgIpc) is 2.94. The Kier molecular flexibility index (Phi) is 5.06. The summed E-state index contributed by atoms with van der Waals surface area (Å²) in [5, 5.41) is 2.22. The predicted octanol–water partition coefficient (Wildman–Crippen LogP) is 7.27. The van der Waals surface area contributed by atoms with E-state index in [1.54, 1.807) is 11.3 Å². The molecule has 0 bridgehead atoms. The molecule has 0 atom stereocenters. The molecule has 2 aromatic rings. The van der Waals surface area contributed by atoms with Gasteiger partial charge in [-0.25, -0.2) is 0 Å². The van der Waals surface area contributed by atoms with Crippen LogP contribution in [0, 0.1) is 19.8 Å². The number of allylic oxidation sites excluding steroid dienone is 4. The van der Waals surface area contributed by atoms with Crippen LogP contribution in [-0.2, 0) is 0 Å². The van der Waals surface area contributed by atoms with Gasteiger partial charge in [0.25, 0.3) is 0 Å². The van der Waals surface area contributed by atoms with Crippen molar-refractivity contribution in [2.24, 2.45) is 5.92 Å². The van der Waals surface area contributed by atoms with Crippen LogP contribution in [0.25, 0.3) is 5.57 Å². The van der Waals surface area contributed by atoms with E-state index >= 15 is 0 Å². The molecule has 1 aromatic carbocycles. The third-order valence-electron chi connectivity index (χ3n) is 5.09. The van der Waals surface area contributed by atoms with Crippen molar-refractivity contribution in [1.82, 2.24) is 0 Å². The quantitative estimate of drug-likeness (QED) is 0.553. The second-order valence-corrected chi connectivity index (χ2v) is 8.29. The van der Waals surface area contributed by atoms with Gasteiger partial charge in [0.1, 0.15) is 0 Å². The molecule has 2 heteroatoms. The molecule has 134 valence electrons. The highest BCUT2D eigenvalue weighted by Crippen LogP contribution is 2.42. The Balaban J connectivity index is 2.13. The Morgan fingerprint density at radius 2 is 1.73 bits per heavy atom. The van der Waals surface area contributed by atoms with Crippen molar-refractivity contribution in [2.75, 3.05) is 4.90 Å². The Labute approximate surface area is 161 Å². The van der Waals surface area contributed by atoms with E-state index in [1.807, 2.05) is 6.07 Å². The lowest BCUT2D eigenvalue weighted by Crippen LogP contribution is -2.29. The molecular weight excluding hydrogens is 334 g/mol. The summed E-state index contributed by atoms with van der Waals surface area (Å²) in [5.41, 5.74) is 9.43. The van der Waals surface area contributed by atoms with Crippen LogP contribution in [0.4, 0.5) is 5.69 Å². The van der Waals surface area contributed by atoms with E-state index in [9.17, 15) is 0 Å². The highest BCUT2D eigenvalue weighted by molar-refractivity contribution is 7.10. The summed E-state index contributed by atoms with van der Waals surface area (Å²) in [5.74, 6) is 0.404. The maximum atomic E-state index is 4.49. The van der Waals surface area contributed by atoms with Gasteiger partial charge in [-0.05, 0) is 72.6 Å². The van der Waals surface area contributed by atoms with Crippen molar-refractivity contribution in [3.05, 3.63) is 93.5 Å². The van der Waals surface area contributed by atoms with E-state index in [0.717, 1.165) is 22.5 Å². The first-order chi connectivity index (χ1) is 12.3. The van der Waals surface area contributed by atoms with Gasteiger partial charge in [-0.1, -0.05) is 45.2 Å². The summed E-state index contributed by atoms with van der Waals surface area (Å²) in [4.78, 5) is 3.63. The zero-order chi connectivity index (χ0) is 19.0. The van der Waals surface area contributed by atoms with Crippen LogP contribution in [0.3, 0.4) is 0 Å². The highest BCUT2D eigenvalue weighted by Gasteiger charge is 2.28. The summed E-state index contributed by atoms with van der Waals surface area (Å²) in [6, 6.07) is 10.5. The molecule has 0 aliphatic carbocycles. The van der Waals surface area contributed by atoms with Gasteiger partial charge >= 0.3 is 0 Å². The van der Waals surface area contributed by atoms with Crippen LogP contribution >= 0.6 is 11.3 Å². The van der Waals surface area contributed by atoms with Gasteiger partial charge in [-0.3, -0.25) is 0 Å². The SMILES string of the molecule is C=C(C1=C(C)C=C(C(C)C)N(c2ccccc2)C1=C)c1csc(C)c1C. The van der Waals surface area contributed by atoms with Gasteiger partial charge in [0.15, 0.2) is 0 Å². The monoisotopic (exact) mass is 361 g/mol. The Bertz CT molecular complexity index is 922. The third kappa shape index (κ3) is 3.10. The minimum atomic E-state index is 0.404. The lowest BCUT2D eigenvalue weighted by Gasteiger charge is -2.37. The average molecular weight is 362 g/mol. The molecule has 0 unspecified atom stereocenters. The molecule has 1 aromatic heterocycles. The maximum Gasteiger partial charge on any atom is 0.0467 e. The van der Waals surface area contributed by atoms with E-state index in [0.29, 0.717) is 5.92 Å². The van der Waals surface area contributed by atoms with Gasteiger partial charge in [-0.2, -0.15) is 0 Å². The highest BCUT2D eigenvalue weighted by atomic mass is 32.1. The van der Waals surface area contributed by atoms with Crippen molar-refractivity contribution in [2.45, 2.75) is 34.6 Å². The summed E-state index contributed by atoms with van der Waals surface area (Å²) >= 11 is 1.79. The summed E-state index contributed by atoms with van der Waals surface area (Å²) in [7, 11) is 0. The molecule has 1 aliphatic rings. The van der Waals surface area contributed by atoms with Crippen molar-refractivity contribution in [3.8, 4) is 0 Å². The smallest absolute Gasteiger partial charge is 0.0467 e. The second-order valence-electron chi connectivity index (χ2n) is 7.21. The molecule has 0 fully saturated rings. The molecule has 3 rings (SSSR count). The molecule has 1 aliphatic heterocycles. The largest absolute Gasteiger partial charge is 0.314 e. The number of aryl methyl sites for hydroxylation is 1. The number of benzene rings is 1. The molecule has 0 spiro atoms. The Hall–Kier alpha value is -2.32. The molecule has 0 saturated carbocycles. The fraction of sp³-hybridized carbons (Fsp3) is 0.250. The van der Waals surface area contributed by atoms with Crippen molar-refractivity contribution in [1.29, 1.82) is 0 Å². The molecule has 0 amide bonds. The number of rotatable bonds is 4. The Morgan fingerprint density at radius 1 is 1.08 bits per heavy atom. The van der Waals surface area contributed by atoms with Gasteiger partial charge in [-0.15, -0.1) is 11.3 Å². The molecule has 26 heavy (non-hydrogen) atoms. The first-order valence-electron chi connectivity index (χ1n) is 9.04. The molecule has 0 radical (unpaired) electrons. The zero-order valence-corrected chi connectivity index (χ0v) is 17.2. The Morgan fingerprint density at radius 3 is 2.27 bits per heavy atom. The van der Waals surface area contributed by atoms with Crippen LogP contribution < -0.4 is 4.90 Å². The van der Waals surface area contributed by atoms with Crippen molar-refractivity contribution >= 4 is 22.6 Å². The van der Waals surface area contributed by atoms with Gasteiger partial charge < -0.3 is 4.90 Å². The zero-order valence-electron chi connectivity index (χ0n) is 16.4. The molecular formula is C24H27NS. The standard InChI is InChI=1S/C24H27NS/c1-15(2)23-13-16(3)24(18(5)22-14-26-20(7)17(22)4)19(6)25(23)21-11-9-8-10-12-21/h8-15H,5-6H2,1-4,7H3. The third-order valence-corrected chi connectivity index (χ3v) is 6.11. The number of nitrogens with zero attached hydrogens (tertiary/aromatic N) is 1. The number of para-hydroxylation sites is 1. The lowest BCUT2D eigenvalue weighted by atomic mass is 9.87. The second kappa shape index (κ2) is 7.13. The van der Waals surface area contributed by atoms with Crippen LogP contribution in [0.15, 0.2) is 77.5 Å². The molecule has 0 saturated heterocycles. The number of anilines is 1. The van der Waals surface area contributed by atoms with Gasteiger partial charge in [0.05, 0.1) is 0 Å². The minimum absolute atomic E-state index is 0.404. The fourth-order valence-electron chi connectivity index (χ4n) is 3.52. The normalized spacial score (nSPS) is 14.9. The van der Waals surface area contributed by atoms with E-state index in [2.05, 4.69) is 88.4 Å². The topological polar surface area (TPSA) is 3.24 Å². The fourth-order valence-corrected chi connectivity index (χ4v) is 4.42.